The van der Waals surface area contributed by atoms with Gasteiger partial charge in [0.2, 0.25) is 5.91 Å². The zero-order valence-electron chi connectivity index (χ0n) is 13.4. The summed E-state index contributed by atoms with van der Waals surface area (Å²) >= 11 is 0. The first-order valence-electron chi connectivity index (χ1n) is 8.34. The van der Waals surface area contributed by atoms with Crippen LogP contribution < -0.4 is 5.32 Å². The van der Waals surface area contributed by atoms with Crippen molar-refractivity contribution in [1.29, 1.82) is 0 Å². The first-order chi connectivity index (χ1) is 9.97. The Morgan fingerprint density at radius 1 is 1.24 bits per heavy atom. The molecule has 1 amide bonds. The topological polar surface area (TPSA) is 61.8 Å². The summed E-state index contributed by atoms with van der Waals surface area (Å²) in [6.45, 7) is 7.50. The van der Waals surface area contributed by atoms with Crippen LogP contribution in [-0.2, 0) is 9.53 Å². The maximum absolute atomic E-state index is 12.0. The number of hydrogen-bond acceptors (Lipinski definition) is 4. The molecule has 0 aromatic carbocycles. The fourth-order valence-electron chi connectivity index (χ4n) is 3.57. The molecular formula is C16H30N2O3. The van der Waals surface area contributed by atoms with Crippen molar-refractivity contribution in [3.63, 3.8) is 0 Å². The molecule has 21 heavy (non-hydrogen) atoms. The highest BCUT2D eigenvalue weighted by Gasteiger charge is 2.31. The summed E-state index contributed by atoms with van der Waals surface area (Å²) in [6.07, 6.45) is 5.54. The standard InChI is InChI=1S/C16H30N2O3/c1-13-11-18(12-14(2)21-13)9-8-17-15(19)10-16(20)6-4-3-5-7-16/h13-14,20H,3-12H2,1-2H3,(H,17,19). The lowest BCUT2D eigenvalue weighted by molar-refractivity contribution is -0.127. The average Bonchev–Trinajstić information content (AvgIpc) is 2.37. The molecule has 2 unspecified atom stereocenters. The molecule has 1 saturated heterocycles. The van der Waals surface area contributed by atoms with Gasteiger partial charge in [-0.3, -0.25) is 9.69 Å². The lowest BCUT2D eigenvalue weighted by Crippen LogP contribution is -2.48. The minimum atomic E-state index is -0.760. The monoisotopic (exact) mass is 298 g/mol. The quantitative estimate of drug-likeness (QED) is 0.803. The fraction of sp³-hybridized carbons (Fsp3) is 0.938. The molecule has 0 bridgehead atoms. The predicted molar refractivity (Wildman–Crippen MR) is 82.1 cm³/mol. The molecule has 5 heteroatoms. The van der Waals surface area contributed by atoms with Gasteiger partial charge in [-0.05, 0) is 26.7 Å². The highest BCUT2D eigenvalue weighted by atomic mass is 16.5. The van der Waals surface area contributed by atoms with Gasteiger partial charge in [0.25, 0.3) is 0 Å². The van der Waals surface area contributed by atoms with Crippen LogP contribution in [0.3, 0.4) is 0 Å². The molecule has 0 aromatic heterocycles. The summed E-state index contributed by atoms with van der Waals surface area (Å²) in [5.41, 5.74) is -0.760. The average molecular weight is 298 g/mol. The maximum atomic E-state index is 12.0. The van der Waals surface area contributed by atoms with Gasteiger partial charge in [0, 0.05) is 26.2 Å². The van der Waals surface area contributed by atoms with Crippen LogP contribution in [0, 0.1) is 0 Å². The highest BCUT2D eigenvalue weighted by Crippen LogP contribution is 2.30. The van der Waals surface area contributed by atoms with E-state index in [9.17, 15) is 9.90 Å². The van der Waals surface area contributed by atoms with Crippen molar-refractivity contribution in [2.24, 2.45) is 0 Å². The number of hydrogen-bond donors (Lipinski definition) is 2. The molecule has 1 saturated carbocycles. The van der Waals surface area contributed by atoms with Crippen LogP contribution in [0.4, 0.5) is 0 Å². The minimum Gasteiger partial charge on any atom is -0.389 e. The third-order valence-corrected chi connectivity index (χ3v) is 4.52. The molecular weight excluding hydrogens is 268 g/mol. The zero-order valence-corrected chi connectivity index (χ0v) is 13.4. The summed E-state index contributed by atoms with van der Waals surface area (Å²) in [5.74, 6) is -0.0197. The number of rotatable bonds is 5. The van der Waals surface area contributed by atoms with E-state index in [0.29, 0.717) is 6.54 Å². The van der Waals surface area contributed by atoms with Crippen molar-refractivity contribution in [2.45, 2.75) is 70.2 Å². The number of aliphatic hydroxyl groups is 1. The Balaban J connectivity index is 1.64. The smallest absolute Gasteiger partial charge is 0.222 e. The molecule has 2 rings (SSSR count). The van der Waals surface area contributed by atoms with E-state index in [1.54, 1.807) is 0 Å². The van der Waals surface area contributed by atoms with Crippen molar-refractivity contribution in [3.8, 4) is 0 Å². The highest BCUT2D eigenvalue weighted by molar-refractivity contribution is 5.77. The fourth-order valence-corrected chi connectivity index (χ4v) is 3.57. The van der Waals surface area contributed by atoms with Crippen molar-refractivity contribution < 1.29 is 14.6 Å². The van der Waals surface area contributed by atoms with Crippen LogP contribution in [0.15, 0.2) is 0 Å². The van der Waals surface area contributed by atoms with E-state index in [1.165, 1.54) is 6.42 Å². The van der Waals surface area contributed by atoms with Gasteiger partial charge < -0.3 is 15.2 Å². The van der Waals surface area contributed by atoms with Crippen molar-refractivity contribution >= 4 is 5.91 Å². The normalized spacial score (nSPS) is 30.0. The second kappa shape index (κ2) is 7.56. The molecule has 0 radical (unpaired) electrons. The Hall–Kier alpha value is -0.650. The van der Waals surface area contributed by atoms with Gasteiger partial charge in [0.15, 0.2) is 0 Å². The Kier molecular flexibility index (Phi) is 6.02. The lowest BCUT2D eigenvalue weighted by Gasteiger charge is -2.35. The number of nitrogens with one attached hydrogen (secondary N) is 1. The Bertz CT molecular complexity index is 332. The lowest BCUT2D eigenvalue weighted by atomic mass is 9.82. The number of ether oxygens (including phenoxy) is 1. The molecule has 1 aliphatic carbocycles. The van der Waals surface area contributed by atoms with Crippen LogP contribution in [-0.4, -0.2) is 59.9 Å². The van der Waals surface area contributed by atoms with Crippen LogP contribution in [0.25, 0.3) is 0 Å². The molecule has 2 fully saturated rings. The van der Waals surface area contributed by atoms with Gasteiger partial charge in [-0.2, -0.15) is 0 Å². The summed E-state index contributed by atoms with van der Waals surface area (Å²) in [7, 11) is 0. The van der Waals surface area contributed by atoms with Gasteiger partial charge in [0.05, 0.1) is 24.2 Å². The van der Waals surface area contributed by atoms with E-state index < -0.39 is 5.60 Å². The second-order valence-electron chi connectivity index (χ2n) is 6.83. The Labute approximate surface area is 128 Å². The third kappa shape index (κ3) is 5.57. The Morgan fingerprint density at radius 3 is 2.48 bits per heavy atom. The van der Waals surface area contributed by atoms with Gasteiger partial charge in [0.1, 0.15) is 0 Å². The molecule has 122 valence electrons. The van der Waals surface area contributed by atoms with Gasteiger partial charge in [-0.15, -0.1) is 0 Å². The summed E-state index contributed by atoms with van der Waals surface area (Å²) in [5, 5.41) is 13.3. The number of carbonyl (C=O) groups excluding carboxylic acids is 1. The Morgan fingerprint density at radius 2 is 1.86 bits per heavy atom. The van der Waals surface area contributed by atoms with Crippen LogP contribution in [0.5, 0.6) is 0 Å². The second-order valence-corrected chi connectivity index (χ2v) is 6.83. The number of carbonyl (C=O) groups is 1. The number of morpholine rings is 1. The van der Waals surface area contributed by atoms with E-state index in [1.807, 2.05) is 0 Å². The summed E-state index contributed by atoms with van der Waals surface area (Å²) < 4.78 is 5.70. The molecule has 2 N–H and O–H groups in total. The van der Waals surface area contributed by atoms with Gasteiger partial charge in [-0.25, -0.2) is 0 Å². The van der Waals surface area contributed by atoms with Gasteiger partial charge in [-0.1, -0.05) is 19.3 Å². The third-order valence-electron chi connectivity index (χ3n) is 4.52. The molecule has 5 nitrogen and oxygen atoms in total. The molecule has 2 atom stereocenters. The maximum Gasteiger partial charge on any atom is 0.222 e. The predicted octanol–water partition coefficient (Wildman–Crippen LogP) is 1.30. The SMILES string of the molecule is CC1CN(CCNC(=O)CC2(O)CCCCC2)CC(C)O1. The molecule has 0 spiro atoms. The molecule has 1 heterocycles. The van der Waals surface area contributed by atoms with Crippen LogP contribution >= 0.6 is 0 Å². The first kappa shape index (κ1) is 16.7. The minimum absolute atomic E-state index is 0.0197. The molecule has 1 aliphatic heterocycles. The molecule has 2 aliphatic rings. The van der Waals surface area contributed by atoms with E-state index in [-0.39, 0.29) is 24.5 Å². The van der Waals surface area contributed by atoms with E-state index >= 15 is 0 Å². The van der Waals surface area contributed by atoms with Gasteiger partial charge >= 0.3 is 0 Å². The number of amides is 1. The zero-order chi connectivity index (χ0) is 15.3. The largest absolute Gasteiger partial charge is 0.389 e. The molecule has 0 aromatic rings. The number of nitrogens with zero attached hydrogens (tertiary/aromatic N) is 1. The first-order valence-corrected chi connectivity index (χ1v) is 8.34. The van der Waals surface area contributed by atoms with Crippen molar-refractivity contribution in [3.05, 3.63) is 0 Å². The van der Waals surface area contributed by atoms with E-state index in [0.717, 1.165) is 45.3 Å². The van der Waals surface area contributed by atoms with Crippen LogP contribution in [0.1, 0.15) is 52.4 Å². The summed E-state index contributed by atoms with van der Waals surface area (Å²) in [4.78, 5) is 14.3. The van der Waals surface area contributed by atoms with E-state index in [4.69, 9.17) is 4.74 Å². The van der Waals surface area contributed by atoms with Crippen molar-refractivity contribution in [2.75, 3.05) is 26.2 Å². The van der Waals surface area contributed by atoms with E-state index in [2.05, 4.69) is 24.1 Å². The summed E-state index contributed by atoms with van der Waals surface area (Å²) in [6, 6.07) is 0. The van der Waals surface area contributed by atoms with Crippen LogP contribution in [0.2, 0.25) is 0 Å². The van der Waals surface area contributed by atoms with Crippen molar-refractivity contribution in [1.82, 2.24) is 10.2 Å².